The summed E-state index contributed by atoms with van der Waals surface area (Å²) < 4.78 is 22.3. The van der Waals surface area contributed by atoms with Crippen LogP contribution in [0.15, 0.2) is 59.0 Å². The van der Waals surface area contributed by atoms with E-state index in [-0.39, 0.29) is 5.91 Å². The largest absolute Gasteiger partial charge is 0.493 e. The number of carbonyl (C=O) groups is 1. The van der Waals surface area contributed by atoms with Gasteiger partial charge in [-0.3, -0.25) is 4.79 Å². The second-order valence-electron chi connectivity index (χ2n) is 7.38. The summed E-state index contributed by atoms with van der Waals surface area (Å²) in [5, 5.41) is 3.17. The summed E-state index contributed by atoms with van der Waals surface area (Å²) in [6.45, 7) is 0. The van der Waals surface area contributed by atoms with Crippen LogP contribution in [0.5, 0.6) is 17.2 Å². The number of aromatic nitrogens is 1. The average molecular weight is 447 g/mol. The van der Waals surface area contributed by atoms with Crippen molar-refractivity contribution in [3.05, 3.63) is 60.2 Å². The summed E-state index contributed by atoms with van der Waals surface area (Å²) in [4.78, 5) is 15.6. The van der Waals surface area contributed by atoms with E-state index in [1.807, 2.05) is 42.5 Å². The van der Waals surface area contributed by atoms with Gasteiger partial charge in [0, 0.05) is 29.8 Å². The number of primary amides is 1. The van der Waals surface area contributed by atoms with Crippen LogP contribution >= 0.6 is 0 Å². The van der Waals surface area contributed by atoms with Crippen LogP contribution in [0.2, 0.25) is 0 Å². The summed E-state index contributed by atoms with van der Waals surface area (Å²) in [5.41, 5.74) is 10.3. The molecule has 1 amide bonds. The molecule has 8 heteroatoms. The molecule has 0 bridgehead atoms. The standard InChI is InChI=1S/C25H25N3O5/c1-30-20-13-17(14-21(31-2)24(20)32-3)27-25-28-19-6-4-5-18(23(19)33-25)16-10-7-15(8-11-16)9-12-22(26)29/h4-8,10-11,13-14H,9,12H2,1-3H3,(H2,26,29)(H,27,28). The molecule has 0 saturated carbocycles. The molecule has 0 aliphatic heterocycles. The molecule has 0 fully saturated rings. The van der Waals surface area contributed by atoms with Crippen molar-refractivity contribution in [2.75, 3.05) is 26.6 Å². The predicted molar refractivity (Wildman–Crippen MR) is 126 cm³/mol. The quantitative estimate of drug-likeness (QED) is 0.383. The molecule has 4 aromatic rings. The Kier molecular flexibility index (Phi) is 6.35. The minimum atomic E-state index is -0.308. The Balaban J connectivity index is 1.64. The number of hydrogen-bond donors (Lipinski definition) is 2. The first-order valence-electron chi connectivity index (χ1n) is 10.4. The lowest BCUT2D eigenvalue weighted by molar-refractivity contribution is -0.117. The number of anilines is 2. The highest BCUT2D eigenvalue weighted by Gasteiger charge is 2.16. The van der Waals surface area contributed by atoms with Gasteiger partial charge in [-0.1, -0.05) is 36.4 Å². The van der Waals surface area contributed by atoms with Gasteiger partial charge < -0.3 is 29.7 Å². The fourth-order valence-corrected chi connectivity index (χ4v) is 3.63. The van der Waals surface area contributed by atoms with E-state index in [4.69, 9.17) is 24.4 Å². The first-order chi connectivity index (χ1) is 16.0. The van der Waals surface area contributed by atoms with Gasteiger partial charge in [-0.25, -0.2) is 0 Å². The summed E-state index contributed by atoms with van der Waals surface area (Å²) in [6, 6.07) is 17.7. The molecule has 0 saturated heterocycles. The molecule has 33 heavy (non-hydrogen) atoms. The van der Waals surface area contributed by atoms with Crippen molar-refractivity contribution in [3.8, 4) is 28.4 Å². The fraction of sp³-hybridized carbons (Fsp3) is 0.200. The molecule has 0 atom stereocenters. The van der Waals surface area contributed by atoms with Crippen molar-refractivity contribution < 1.29 is 23.4 Å². The van der Waals surface area contributed by atoms with Crippen LogP contribution in [-0.2, 0) is 11.2 Å². The highest BCUT2D eigenvalue weighted by molar-refractivity contribution is 5.91. The van der Waals surface area contributed by atoms with Crippen LogP contribution in [0.1, 0.15) is 12.0 Å². The average Bonchev–Trinajstić information content (AvgIpc) is 3.24. The Morgan fingerprint density at radius 1 is 1.00 bits per heavy atom. The lowest BCUT2D eigenvalue weighted by Gasteiger charge is -2.14. The van der Waals surface area contributed by atoms with Gasteiger partial charge in [0.1, 0.15) is 5.52 Å². The minimum absolute atomic E-state index is 0.308. The summed E-state index contributed by atoms with van der Waals surface area (Å²) in [6.07, 6.45) is 0.942. The molecule has 0 radical (unpaired) electrons. The van der Waals surface area contributed by atoms with Gasteiger partial charge >= 0.3 is 0 Å². The second-order valence-corrected chi connectivity index (χ2v) is 7.38. The molecule has 8 nitrogen and oxygen atoms in total. The van der Waals surface area contributed by atoms with E-state index >= 15 is 0 Å². The van der Waals surface area contributed by atoms with E-state index in [2.05, 4.69) is 10.3 Å². The van der Waals surface area contributed by atoms with Crippen molar-refractivity contribution in [1.82, 2.24) is 4.98 Å². The number of methoxy groups -OCH3 is 3. The number of benzene rings is 3. The first-order valence-corrected chi connectivity index (χ1v) is 10.4. The van der Waals surface area contributed by atoms with Gasteiger partial charge in [-0.05, 0) is 23.6 Å². The molecule has 0 aliphatic rings. The highest BCUT2D eigenvalue weighted by Crippen LogP contribution is 2.41. The topological polar surface area (TPSA) is 109 Å². The van der Waals surface area contributed by atoms with Gasteiger partial charge in [0.25, 0.3) is 6.01 Å². The number of aryl methyl sites for hydroxylation is 1. The Labute approximate surface area is 191 Å². The van der Waals surface area contributed by atoms with Crippen LogP contribution in [0.25, 0.3) is 22.2 Å². The number of carbonyl (C=O) groups excluding carboxylic acids is 1. The molecule has 0 unspecified atom stereocenters. The number of nitrogens with two attached hydrogens (primary N) is 1. The third-order valence-corrected chi connectivity index (χ3v) is 5.26. The number of para-hydroxylation sites is 1. The number of rotatable bonds is 9. The Morgan fingerprint density at radius 2 is 1.70 bits per heavy atom. The monoisotopic (exact) mass is 447 g/mol. The normalized spacial score (nSPS) is 10.8. The van der Waals surface area contributed by atoms with Crippen molar-refractivity contribution in [2.45, 2.75) is 12.8 Å². The van der Waals surface area contributed by atoms with E-state index in [9.17, 15) is 4.79 Å². The predicted octanol–water partition coefficient (Wildman–Crippen LogP) is 4.68. The third kappa shape index (κ3) is 4.69. The van der Waals surface area contributed by atoms with Crippen LogP contribution in [0.3, 0.4) is 0 Å². The smallest absolute Gasteiger partial charge is 0.300 e. The molecular formula is C25H25N3O5. The number of amides is 1. The van der Waals surface area contributed by atoms with E-state index in [0.29, 0.717) is 47.4 Å². The zero-order chi connectivity index (χ0) is 23.4. The summed E-state index contributed by atoms with van der Waals surface area (Å²) in [5.74, 6) is 1.24. The van der Waals surface area contributed by atoms with E-state index in [1.54, 1.807) is 33.5 Å². The van der Waals surface area contributed by atoms with Gasteiger partial charge in [-0.15, -0.1) is 0 Å². The number of oxazole rings is 1. The number of hydrogen-bond acceptors (Lipinski definition) is 7. The maximum absolute atomic E-state index is 11.0. The number of fused-ring (bicyclic) bond motifs is 1. The molecule has 0 spiro atoms. The molecule has 4 rings (SSSR count). The van der Waals surface area contributed by atoms with Crippen LogP contribution in [0, 0.1) is 0 Å². The first kappa shape index (κ1) is 22.0. The van der Waals surface area contributed by atoms with Crippen LogP contribution in [-0.4, -0.2) is 32.2 Å². The van der Waals surface area contributed by atoms with Gasteiger partial charge in [0.15, 0.2) is 17.1 Å². The van der Waals surface area contributed by atoms with Gasteiger partial charge in [-0.2, -0.15) is 4.98 Å². The maximum Gasteiger partial charge on any atom is 0.300 e. The fourth-order valence-electron chi connectivity index (χ4n) is 3.63. The minimum Gasteiger partial charge on any atom is -0.493 e. The number of nitrogens with one attached hydrogen (secondary N) is 1. The number of nitrogens with zero attached hydrogens (tertiary/aromatic N) is 1. The van der Waals surface area contributed by atoms with E-state index < -0.39 is 0 Å². The van der Waals surface area contributed by atoms with Crippen molar-refractivity contribution >= 4 is 28.7 Å². The third-order valence-electron chi connectivity index (χ3n) is 5.26. The zero-order valence-corrected chi connectivity index (χ0v) is 18.7. The SMILES string of the molecule is COc1cc(Nc2nc3cccc(-c4ccc(CCC(N)=O)cc4)c3o2)cc(OC)c1OC. The van der Waals surface area contributed by atoms with Crippen molar-refractivity contribution in [2.24, 2.45) is 5.73 Å². The molecule has 170 valence electrons. The highest BCUT2D eigenvalue weighted by atomic mass is 16.5. The molecular weight excluding hydrogens is 422 g/mol. The maximum atomic E-state index is 11.0. The Hall–Kier alpha value is -4.20. The second kappa shape index (κ2) is 9.52. The van der Waals surface area contributed by atoms with Crippen molar-refractivity contribution in [3.63, 3.8) is 0 Å². The summed E-state index contributed by atoms with van der Waals surface area (Å²) >= 11 is 0. The Morgan fingerprint density at radius 3 is 2.30 bits per heavy atom. The van der Waals surface area contributed by atoms with Gasteiger partial charge in [0.05, 0.1) is 21.3 Å². The van der Waals surface area contributed by atoms with Gasteiger partial charge in [0.2, 0.25) is 11.7 Å². The van der Waals surface area contributed by atoms with E-state index in [0.717, 1.165) is 22.2 Å². The molecule has 3 aromatic carbocycles. The van der Waals surface area contributed by atoms with Crippen LogP contribution in [0.4, 0.5) is 11.7 Å². The molecule has 3 N–H and O–H groups in total. The molecule has 0 aliphatic carbocycles. The molecule has 1 heterocycles. The zero-order valence-electron chi connectivity index (χ0n) is 18.7. The Bertz CT molecular complexity index is 1260. The van der Waals surface area contributed by atoms with Crippen molar-refractivity contribution in [1.29, 1.82) is 0 Å². The van der Waals surface area contributed by atoms with E-state index in [1.165, 1.54) is 0 Å². The summed E-state index contributed by atoms with van der Waals surface area (Å²) in [7, 11) is 4.68. The number of ether oxygens (including phenoxy) is 3. The van der Waals surface area contributed by atoms with Crippen LogP contribution < -0.4 is 25.3 Å². The lowest BCUT2D eigenvalue weighted by Crippen LogP contribution is -2.11. The molecule has 1 aromatic heterocycles. The lowest BCUT2D eigenvalue weighted by atomic mass is 10.0.